The van der Waals surface area contributed by atoms with Crippen LogP contribution in [0, 0.1) is 0 Å². The highest BCUT2D eigenvalue weighted by Crippen LogP contribution is 2.37. The van der Waals surface area contributed by atoms with E-state index in [2.05, 4.69) is 20.7 Å². The summed E-state index contributed by atoms with van der Waals surface area (Å²) in [4.78, 5) is 11.1. The summed E-state index contributed by atoms with van der Waals surface area (Å²) in [5, 5.41) is 19.3. The van der Waals surface area contributed by atoms with E-state index in [4.69, 9.17) is 4.74 Å². The number of hydrogen-bond acceptors (Lipinski definition) is 5. The number of benzene rings is 1. The van der Waals surface area contributed by atoms with Gasteiger partial charge < -0.3 is 19.7 Å². The van der Waals surface area contributed by atoms with Crippen molar-refractivity contribution in [1.82, 2.24) is 0 Å². The van der Waals surface area contributed by atoms with Gasteiger partial charge in [-0.2, -0.15) is 0 Å². The van der Waals surface area contributed by atoms with Crippen LogP contribution in [0.15, 0.2) is 16.6 Å². The zero-order chi connectivity index (χ0) is 12.3. The van der Waals surface area contributed by atoms with Crippen molar-refractivity contribution in [3.8, 4) is 11.5 Å². The van der Waals surface area contributed by atoms with Crippen molar-refractivity contribution in [2.45, 2.75) is 6.10 Å². The lowest BCUT2D eigenvalue weighted by atomic mass is 10.1. The van der Waals surface area contributed by atoms with Crippen molar-refractivity contribution < 1.29 is 24.5 Å². The number of aliphatic hydroxyl groups is 1. The van der Waals surface area contributed by atoms with Gasteiger partial charge in [0.15, 0.2) is 17.6 Å². The van der Waals surface area contributed by atoms with E-state index in [0.717, 1.165) is 7.11 Å². The number of aromatic hydroxyl groups is 1. The summed E-state index contributed by atoms with van der Waals surface area (Å²) in [5.74, 6) is -0.980. The highest BCUT2D eigenvalue weighted by atomic mass is 79.9. The molecule has 0 spiro atoms. The van der Waals surface area contributed by atoms with E-state index < -0.39 is 12.1 Å². The number of hydrogen-bond donors (Lipinski definition) is 2. The fourth-order valence-corrected chi connectivity index (χ4v) is 1.65. The monoisotopic (exact) mass is 290 g/mol. The second-order valence-electron chi connectivity index (χ2n) is 2.97. The van der Waals surface area contributed by atoms with Gasteiger partial charge >= 0.3 is 5.97 Å². The standard InChI is InChI=1S/C10H11BrO5/c1-15-7-4-5(11)3-6(8(7)12)9(13)10(14)16-2/h3-4,9,12-13H,1-2H3. The van der Waals surface area contributed by atoms with Crippen molar-refractivity contribution in [2.24, 2.45) is 0 Å². The lowest BCUT2D eigenvalue weighted by Gasteiger charge is -2.13. The van der Waals surface area contributed by atoms with Crippen molar-refractivity contribution >= 4 is 21.9 Å². The van der Waals surface area contributed by atoms with Crippen LogP contribution in [0.2, 0.25) is 0 Å². The van der Waals surface area contributed by atoms with E-state index in [1.165, 1.54) is 19.2 Å². The highest BCUT2D eigenvalue weighted by molar-refractivity contribution is 9.10. The molecule has 0 aliphatic heterocycles. The van der Waals surface area contributed by atoms with Crippen LogP contribution in [-0.4, -0.2) is 30.4 Å². The zero-order valence-corrected chi connectivity index (χ0v) is 10.3. The largest absolute Gasteiger partial charge is 0.504 e. The van der Waals surface area contributed by atoms with Gasteiger partial charge in [-0.25, -0.2) is 4.79 Å². The first-order valence-electron chi connectivity index (χ1n) is 4.33. The Morgan fingerprint density at radius 1 is 1.44 bits per heavy atom. The van der Waals surface area contributed by atoms with Gasteiger partial charge in [0.25, 0.3) is 0 Å². The van der Waals surface area contributed by atoms with Crippen LogP contribution in [0.25, 0.3) is 0 Å². The number of carbonyl (C=O) groups is 1. The van der Waals surface area contributed by atoms with E-state index in [-0.39, 0.29) is 17.1 Å². The van der Waals surface area contributed by atoms with Crippen LogP contribution in [0.4, 0.5) is 0 Å². The average molecular weight is 291 g/mol. The molecule has 0 amide bonds. The number of aliphatic hydroxyl groups excluding tert-OH is 1. The molecular weight excluding hydrogens is 280 g/mol. The molecule has 0 heterocycles. The summed E-state index contributed by atoms with van der Waals surface area (Å²) in [7, 11) is 2.52. The summed E-state index contributed by atoms with van der Waals surface area (Å²) in [6, 6.07) is 2.93. The lowest BCUT2D eigenvalue weighted by Crippen LogP contribution is -2.13. The van der Waals surface area contributed by atoms with Gasteiger partial charge in [-0.05, 0) is 12.1 Å². The number of halogens is 1. The van der Waals surface area contributed by atoms with E-state index in [9.17, 15) is 15.0 Å². The number of rotatable bonds is 3. The maximum Gasteiger partial charge on any atom is 0.339 e. The molecular formula is C10H11BrO5. The topological polar surface area (TPSA) is 76.0 Å². The van der Waals surface area contributed by atoms with E-state index in [0.29, 0.717) is 4.47 Å². The van der Waals surface area contributed by atoms with Gasteiger partial charge in [0.1, 0.15) is 0 Å². The number of methoxy groups -OCH3 is 2. The molecule has 0 aliphatic rings. The van der Waals surface area contributed by atoms with Gasteiger partial charge in [0, 0.05) is 10.0 Å². The van der Waals surface area contributed by atoms with E-state index >= 15 is 0 Å². The minimum atomic E-state index is -1.55. The molecule has 0 fully saturated rings. The first kappa shape index (κ1) is 12.8. The predicted octanol–water partition coefficient (Wildman–Crippen LogP) is 1.37. The molecule has 0 aliphatic carbocycles. The number of ether oxygens (including phenoxy) is 2. The molecule has 2 N–H and O–H groups in total. The molecule has 1 rings (SSSR count). The number of esters is 1. The number of phenolic OH excluding ortho intramolecular Hbond substituents is 1. The third kappa shape index (κ3) is 2.45. The molecule has 1 aromatic rings. The summed E-state index contributed by atoms with van der Waals surface area (Å²) in [6.07, 6.45) is -1.55. The smallest absolute Gasteiger partial charge is 0.339 e. The van der Waals surface area contributed by atoms with Crippen LogP contribution in [-0.2, 0) is 9.53 Å². The first-order valence-corrected chi connectivity index (χ1v) is 5.12. The molecule has 5 nitrogen and oxygen atoms in total. The summed E-state index contributed by atoms with van der Waals surface area (Å²) >= 11 is 3.17. The summed E-state index contributed by atoms with van der Waals surface area (Å²) in [5.41, 5.74) is 0.0260. The summed E-state index contributed by atoms with van der Waals surface area (Å²) in [6.45, 7) is 0. The average Bonchev–Trinajstić information content (AvgIpc) is 2.29. The Hall–Kier alpha value is -1.27. The Balaban J connectivity index is 3.22. The Morgan fingerprint density at radius 3 is 2.56 bits per heavy atom. The minimum absolute atomic E-state index is 0.0260. The van der Waals surface area contributed by atoms with Gasteiger partial charge in [-0.3, -0.25) is 0 Å². The molecule has 6 heteroatoms. The fraction of sp³-hybridized carbons (Fsp3) is 0.300. The van der Waals surface area contributed by atoms with Crippen molar-refractivity contribution in [1.29, 1.82) is 0 Å². The molecule has 0 saturated carbocycles. The molecule has 0 bridgehead atoms. The minimum Gasteiger partial charge on any atom is -0.504 e. The molecule has 16 heavy (non-hydrogen) atoms. The number of carbonyl (C=O) groups excluding carboxylic acids is 1. The van der Waals surface area contributed by atoms with Crippen molar-refractivity contribution in [3.63, 3.8) is 0 Å². The van der Waals surface area contributed by atoms with Crippen molar-refractivity contribution in [2.75, 3.05) is 14.2 Å². The molecule has 0 saturated heterocycles. The Labute approximate surface area is 101 Å². The molecule has 88 valence electrons. The second-order valence-corrected chi connectivity index (χ2v) is 3.89. The maximum atomic E-state index is 11.1. The molecule has 0 radical (unpaired) electrons. The fourth-order valence-electron chi connectivity index (χ4n) is 1.20. The zero-order valence-electron chi connectivity index (χ0n) is 8.73. The molecule has 1 aromatic carbocycles. The summed E-state index contributed by atoms with van der Waals surface area (Å²) < 4.78 is 9.83. The maximum absolute atomic E-state index is 11.1. The molecule has 1 atom stereocenters. The Morgan fingerprint density at radius 2 is 2.06 bits per heavy atom. The lowest BCUT2D eigenvalue weighted by molar-refractivity contribution is -0.150. The van der Waals surface area contributed by atoms with Gasteiger partial charge in [-0.15, -0.1) is 0 Å². The van der Waals surface area contributed by atoms with Crippen molar-refractivity contribution in [3.05, 3.63) is 22.2 Å². The third-order valence-electron chi connectivity index (χ3n) is 2.01. The van der Waals surface area contributed by atoms with Crippen LogP contribution in [0.5, 0.6) is 11.5 Å². The Bertz CT molecular complexity index is 404. The van der Waals surface area contributed by atoms with Crippen LogP contribution < -0.4 is 4.74 Å². The predicted molar refractivity (Wildman–Crippen MR) is 59.3 cm³/mol. The van der Waals surface area contributed by atoms with Gasteiger partial charge in [0.05, 0.1) is 14.2 Å². The quantitative estimate of drug-likeness (QED) is 0.823. The second kappa shape index (κ2) is 5.18. The molecule has 1 unspecified atom stereocenters. The normalized spacial score (nSPS) is 12.0. The third-order valence-corrected chi connectivity index (χ3v) is 2.47. The van der Waals surface area contributed by atoms with Gasteiger partial charge in [-0.1, -0.05) is 15.9 Å². The first-order chi connectivity index (χ1) is 7.51. The number of phenols is 1. The van der Waals surface area contributed by atoms with E-state index in [1.807, 2.05) is 0 Å². The molecule has 0 aromatic heterocycles. The van der Waals surface area contributed by atoms with E-state index in [1.54, 1.807) is 0 Å². The SMILES string of the molecule is COC(=O)C(O)c1cc(Br)cc(OC)c1O. The van der Waals surface area contributed by atoms with Gasteiger partial charge in [0.2, 0.25) is 0 Å². The highest BCUT2D eigenvalue weighted by Gasteiger charge is 2.24. The Kier molecular flexibility index (Phi) is 4.14. The van der Waals surface area contributed by atoms with Crippen LogP contribution in [0.1, 0.15) is 11.7 Å². The van der Waals surface area contributed by atoms with Crippen LogP contribution in [0.3, 0.4) is 0 Å². The van der Waals surface area contributed by atoms with Crippen LogP contribution >= 0.6 is 15.9 Å².